The van der Waals surface area contributed by atoms with Gasteiger partial charge in [-0.25, -0.2) is 4.79 Å². The number of Topliss-reactive ketones (excluding diaryl/α,β-unsaturated/α-hetero) is 1. The molecule has 240 valence electrons. The van der Waals surface area contributed by atoms with Gasteiger partial charge in [0.25, 0.3) is 5.91 Å². The van der Waals surface area contributed by atoms with Crippen LogP contribution in [0.5, 0.6) is 0 Å². The van der Waals surface area contributed by atoms with Gasteiger partial charge in [-0.15, -0.1) is 6.58 Å². The number of carbonyl (C=O) groups excluding carboxylic acids is 6. The largest absolute Gasteiger partial charge is 0.347 e. The lowest BCUT2D eigenvalue weighted by Gasteiger charge is -2.38. The van der Waals surface area contributed by atoms with Gasteiger partial charge in [-0.05, 0) is 49.9 Å². The van der Waals surface area contributed by atoms with Crippen LogP contribution in [-0.4, -0.2) is 96.1 Å². The Balaban J connectivity index is 1.69. The van der Waals surface area contributed by atoms with E-state index >= 15 is 0 Å². The molecule has 1 aliphatic carbocycles. The number of hydrogen-bond acceptors (Lipinski definition) is 6. The van der Waals surface area contributed by atoms with Crippen LogP contribution in [0.2, 0.25) is 0 Å². The Hall–Kier alpha value is -3.44. The highest BCUT2D eigenvalue weighted by atomic mass is 16.2. The van der Waals surface area contributed by atoms with Crippen molar-refractivity contribution in [2.24, 2.45) is 11.3 Å². The minimum Gasteiger partial charge on any atom is -0.347 e. The Labute approximate surface area is 255 Å². The molecule has 2 aliphatic heterocycles. The summed E-state index contributed by atoms with van der Waals surface area (Å²) in [7, 11) is 0. The van der Waals surface area contributed by atoms with Gasteiger partial charge < -0.3 is 31.1 Å². The van der Waals surface area contributed by atoms with Crippen molar-refractivity contribution in [3.63, 3.8) is 0 Å². The van der Waals surface area contributed by atoms with Crippen molar-refractivity contribution in [2.75, 3.05) is 32.7 Å². The highest BCUT2D eigenvalue weighted by Gasteiger charge is 2.41. The summed E-state index contributed by atoms with van der Waals surface area (Å²) in [6.45, 7) is 10.6. The maximum absolute atomic E-state index is 14.0. The average Bonchev–Trinajstić information content (AvgIpc) is 3.48. The molecule has 0 spiro atoms. The zero-order valence-corrected chi connectivity index (χ0v) is 26.0. The van der Waals surface area contributed by atoms with E-state index in [1.54, 1.807) is 0 Å². The fraction of sp³-hybridized carbons (Fsp3) is 0.742. The zero-order chi connectivity index (χ0) is 31.6. The fourth-order valence-corrected chi connectivity index (χ4v) is 6.11. The normalized spacial score (nSPS) is 21.0. The van der Waals surface area contributed by atoms with Crippen molar-refractivity contribution in [1.82, 2.24) is 31.1 Å². The third-order valence-electron chi connectivity index (χ3n) is 8.77. The molecule has 0 bridgehead atoms. The molecule has 0 aromatic carbocycles. The number of hydrogen-bond donors (Lipinski definition) is 4. The number of nitrogens with zero attached hydrogens (tertiary/aromatic N) is 2. The average molecular weight is 603 g/mol. The number of amides is 6. The van der Waals surface area contributed by atoms with Gasteiger partial charge >= 0.3 is 6.03 Å². The van der Waals surface area contributed by atoms with Crippen LogP contribution >= 0.6 is 0 Å². The first-order chi connectivity index (χ1) is 20.4. The highest BCUT2D eigenvalue weighted by molar-refractivity contribution is 6.37. The number of carbonyl (C=O) groups is 6. The van der Waals surface area contributed by atoms with Crippen LogP contribution in [0.3, 0.4) is 0 Å². The molecule has 2 heterocycles. The van der Waals surface area contributed by atoms with Crippen LogP contribution in [-0.2, 0) is 24.0 Å². The van der Waals surface area contributed by atoms with Crippen LogP contribution in [0, 0.1) is 11.3 Å². The minimum atomic E-state index is -0.814. The Bertz CT molecular complexity index is 1050. The van der Waals surface area contributed by atoms with Gasteiger partial charge in [0.05, 0.1) is 12.6 Å². The molecule has 4 N–H and O–H groups in total. The van der Waals surface area contributed by atoms with Crippen molar-refractivity contribution < 1.29 is 28.8 Å². The van der Waals surface area contributed by atoms with Crippen LogP contribution in [0.15, 0.2) is 12.7 Å². The Morgan fingerprint density at radius 1 is 0.930 bits per heavy atom. The number of likely N-dealkylation sites (tertiary alicyclic amines) is 2. The molecule has 43 heavy (non-hydrogen) atoms. The van der Waals surface area contributed by atoms with Gasteiger partial charge in [-0.3, -0.25) is 24.0 Å². The third kappa shape index (κ3) is 9.79. The summed E-state index contributed by atoms with van der Waals surface area (Å²) >= 11 is 0. The molecule has 0 unspecified atom stereocenters. The van der Waals surface area contributed by atoms with E-state index in [-0.39, 0.29) is 35.7 Å². The summed E-state index contributed by atoms with van der Waals surface area (Å²) in [5.41, 5.74) is -0.336. The first kappa shape index (κ1) is 34.1. The second-order valence-electron chi connectivity index (χ2n) is 13.0. The second kappa shape index (κ2) is 15.9. The van der Waals surface area contributed by atoms with Gasteiger partial charge in [0.1, 0.15) is 12.1 Å². The number of ketones is 1. The lowest BCUT2D eigenvalue weighted by atomic mass is 9.83. The molecule has 3 fully saturated rings. The molecule has 6 amide bonds. The maximum Gasteiger partial charge on any atom is 0.315 e. The van der Waals surface area contributed by atoms with Gasteiger partial charge in [-0.2, -0.15) is 0 Å². The molecular formula is C31H50N6O6. The van der Waals surface area contributed by atoms with Crippen LogP contribution in [0.25, 0.3) is 0 Å². The zero-order valence-electron chi connectivity index (χ0n) is 26.0. The minimum absolute atomic E-state index is 0.0665. The Kier molecular flexibility index (Phi) is 12.6. The molecule has 1 saturated carbocycles. The molecule has 0 aromatic heterocycles. The van der Waals surface area contributed by atoms with Gasteiger partial charge in [-0.1, -0.05) is 46.1 Å². The summed E-state index contributed by atoms with van der Waals surface area (Å²) in [4.78, 5) is 80.3. The van der Waals surface area contributed by atoms with E-state index in [0.29, 0.717) is 38.9 Å². The van der Waals surface area contributed by atoms with Crippen LogP contribution < -0.4 is 21.3 Å². The van der Waals surface area contributed by atoms with Crippen LogP contribution in [0.1, 0.15) is 85.0 Å². The number of piperidine rings is 1. The molecule has 12 heteroatoms. The molecule has 3 aliphatic rings. The van der Waals surface area contributed by atoms with Crippen molar-refractivity contribution in [3.05, 3.63) is 12.7 Å². The van der Waals surface area contributed by atoms with Gasteiger partial charge in [0.2, 0.25) is 23.5 Å². The smallest absolute Gasteiger partial charge is 0.315 e. The molecule has 3 atom stereocenters. The maximum atomic E-state index is 14.0. The number of rotatable bonds is 12. The lowest BCUT2D eigenvalue weighted by Crippen LogP contribution is -2.60. The number of urea groups is 1. The molecule has 0 aromatic rings. The van der Waals surface area contributed by atoms with E-state index < -0.39 is 42.3 Å². The predicted molar refractivity (Wildman–Crippen MR) is 162 cm³/mol. The van der Waals surface area contributed by atoms with E-state index in [2.05, 4.69) is 27.8 Å². The lowest BCUT2D eigenvalue weighted by molar-refractivity contribution is -0.142. The number of nitrogens with one attached hydrogen (secondary N) is 4. The summed E-state index contributed by atoms with van der Waals surface area (Å²) in [6.07, 6.45) is 9.39. The quantitative estimate of drug-likeness (QED) is 0.197. The van der Waals surface area contributed by atoms with E-state index in [1.165, 1.54) is 11.0 Å². The van der Waals surface area contributed by atoms with E-state index in [0.717, 1.165) is 44.9 Å². The second-order valence-corrected chi connectivity index (χ2v) is 13.0. The van der Waals surface area contributed by atoms with Gasteiger partial charge in [0, 0.05) is 32.6 Å². The molecular weight excluding hydrogens is 552 g/mol. The summed E-state index contributed by atoms with van der Waals surface area (Å²) in [5.74, 6) is -2.39. The third-order valence-corrected chi connectivity index (χ3v) is 8.77. The van der Waals surface area contributed by atoms with Crippen molar-refractivity contribution in [3.8, 4) is 0 Å². The Morgan fingerprint density at radius 2 is 1.65 bits per heavy atom. The SMILES string of the molecule is C=CCNC(=O)C(=O)CNC(=O)[C@@H]1CCCN1C(=O)[C@@H](NC(=O)N[C@H](CN1CCCCC1=O)C(C)(C)C)C1CCCCC1. The van der Waals surface area contributed by atoms with Crippen molar-refractivity contribution in [2.45, 2.75) is 103 Å². The first-order valence-electron chi connectivity index (χ1n) is 15.8. The summed E-state index contributed by atoms with van der Waals surface area (Å²) < 4.78 is 0. The standard InChI is InChI=1S/C31H50N6O6/c1-5-16-32-28(41)23(38)19-33-27(40)22-14-11-18-37(22)29(42)26(21-12-7-6-8-13-21)35-30(43)34-24(31(2,3)4)20-36-17-10-9-15-25(36)39/h5,21-22,24,26H,1,6-20H2,2-4H3,(H,32,41)(H,33,40)(H2,34,35,43)/t22-,24+,26-/m0/s1. The topological polar surface area (TPSA) is 157 Å². The van der Waals surface area contributed by atoms with E-state index in [4.69, 9.17) is 0 Å². The highest BCUT2D eigenvalue weighted by Crippen LogP contribution is 2.30. The predicted octanol–water partition coefficient (Wildman–Crippen LogP) is 1.64. The Morgan fingerprint density at radius 3 is 2.30 bits per heavy atom. The van der Waals surface area contributed by atoms with E-state index in [9.17, 15) is 28.8 Å². The summed E-state index contributed by atoms with van der Waals surface area (Å²) in [6, 6.07) is -2.40. The molecule has 12 nitrogen and oxygen atoms in total. The van der Waals surface area contributed by atoms with Gasteiger partial charge in [0.15, 0.2) is 0 Å². The molecule has 0 radical (unpaired) electrons. The van der Waals surface area contributed by atoms with Crippen molar-refractivity contribution >= 4 is 35.4 Å². The fourth-order valence-electron chi connectivity index (χ4n) is 6.11. The van der Waals surface area contributed by atoms with Crippen molar-refractivity contribution in [1.29, 1.82) is 0 Å². The van der Waals surface area contributed by atoms with Crippen LogP contribution in [0.4, 0.5) is 4.79 Å². The monoisotopic (exact) mass is 602 g/mol. The summed E-state index contributed by atoms with van der Waals surface area (Å²) in [5, 5.41) is 10.9. The first-order valence-corrected chi connectivity index (χ1v) is 15.8. The molecule has 3 rings (SSSR count). The van der Waals surface area contributed by atoms with E-state index in [1.807, 2.05) is 25.7 Å². The molecule has 2 saturated heterocycles.